The molecule has 3 rings (SSSR count). The van der Waals surface area contributed by atoms with Crippen molar-refractivity contribution in [3.8, 4) is 12.1 Å². The van der Waals surface area contributed by atoms with Crippen molar-refractivity contribution in [2.24, 2.45) is 7.05 Å². The van der Waals surface area contributed by atoms with Crippen molar-refractivity contribution in [1.82, 2.24) is 14.5 Å². The lowest BCUT2D eigenvalue weighted by atomic mass is 10.2. The van der Waals surface area contributed by atoms with E-state index in [1.54, 1.807) is 0 Å². The summed E-state index contributed by atoms with van der Waals surface area (Å²) >= 11 is 0. The third-order valence-corrected chi connectivity index (χ3v) is 2.93. The Balaban J connectivity index is 2.59. The van der Waals surface area contributed by atoms with Gasteiger partial charge in [-0.05, 0) is 6.07 Å². The van der Waals surface area contributed by atoms with E-state index in [0.29, 0.717) is 11.2 Å². The highest BCUT2D eigenvalue weighted by molar-refractivity contribution is 6.04. The van der Waals surface area contributed by atoms with E-state index in [0.717, 1.165) is 10.9 Å². The van der Waals surface area contributed by atoms with Crippen LogP contribution in [-0.4, -0.2) is 14.5 Å². The summed E-state index contributed by atoms with van der Waals surface area (Å²) < 4.78 is 1.87. The molecule has 0 saturated carbocycles. The Hall–Kier alpha value is -2.92. The molecule has 5 heteroatoms. The maximum Gasteiger partial charge on any atom is 0.179 e. The molecule has 0 bridgehead atoms. The number of rotatable bonds is 0. The molecule has 0 saturated heterocycles. The molecule has 0 unspecified atom stereocenters. The molecule has 1 aromatic carbocycles. The van der Waals surface area contributed by atoms with Gasteiger partial charge in [-0.3, -0.25) is 0 Å². The SMILES string of the molecule is Cn1c2ccccc2c2nc(C#N)c(C#N)nc21. The van der Waals surface area contributed by atoms with Crippen LogP contribution in [0.2, 0.25) is 0 Å². The van der Waals surface area contributed by atoms with Crippen LogP contribution in [0, 0.1) is 22.7 Å². The molecule has 0 aliphatic carbocycles. The number of hydrogen-bond donors (Lipinski definition) is 0. The molecule has 0 radical (unpaired) electrons. The lowest BCUT2D eigenvalue weighted by molar-refractivity contribution is 0.980. The number of aromatic nitrogens is 3. The Morgan fingerprint density at radius 2 is 1.72 bits per heavy atom. The first-order valence-electron chi connectivity index (χ1n) is 5.31. The highest BCUT2D eigenvalue weighted by Crippen LogP contribution is 2.25. The number of fused-ring (bicyclic) bond motifs is 3. The average molecular weight is 233 g/mol. The molecule has 3 aromatic rings. The number of benzene rings is 1. The van der Waals surface area contributed by atoms with Crippen LogP contribution < -0.4 is 0 Å². The van der Waals surface area contributed by atoms with E-state index in [9.17, 15) is 0 Å². The second kappa shape index (κ2) is 3.54. The Bertz CT molecular complexity index is 861. The summed E-state index contributed by atoms with van der Waals surface area (Å²) in [5, 5.41) is 18.9. The molecular formula is C13H7N5. The van der Waals surface area contributed by atoms with Gasteiger partial charge in [0, 0.05) is 12.4 Å². The van der Waals surface area contributed by atoms with E-state index in [-0.39, 0.29) is 11.4 Å². The summed E-state index contributed by atoms with van der Waals surface area (Å²) in [4.78, 5) is 8.46. The smallest absolute Gasteiger partial charge is 0.179 e. The second-order valence-corrected chi connectivity index (χ2v) is 3.89. The fourth-order valence-electron chi connectivity index (χ4n) is 2.08. The van der Waals surface area contributed by atoms with Crippen molar-refractivity contribution in [1.29, 1.82) is 10.5 Å². The summed E-state index contributed by atoms with van der Waals surface area (Å²) in [6.07, 6.45) is 0. The zero-order valence-corrected chi connectivity index (χ0v) is 9.55. The fourth-order valence-corrected chi connectivity index (χ4v) is 2.08. The fraction of sp³-hybridized carbons (Fsp3) is 0.0769. The van der Waals surface area contributed by atoms with Crippen LogP contribution in [0.25, 0.3) is 22.1 Å². The van der Waals surface area contributed by atoms with Gasteiger partial charge in [-0.15, -0.1) is 0 Å². The highest BCUT2D eigenvalue weighted by Gasteiger charge is 2.14. The van der Waals surface area contributed by atoms with Gasteiger partial charge in [0.15, 0.2) is 17.0 Å². The van der Waals surface area contributed by atoms with Gasteiger partial charge in [-0.1, -0.05) is 18.2 Å². The molecule has 2 heterocycles. The molecule has 0 spiro atoms. The van der Waals surface area contributed by atoms with Gasteiger partial charge < -0.3 is 4.57 Å². The zero-order chi connectivity index (χ0) is 12.7. The maximum absolute atomic E-state index is 8.98. The van der Waals surface area contributed by atoms with E-state index in [4.69, 9.17) is 10.5 Å². The topological polar surface area (TPSA) is 78.3 Å². The third kappa shape index (κ3) is 1.19. The maximum atomic E-state index is 8.98. The minimum absolute atomic E-state index is 0.0657. The molecule has 0 fully saturated rings. The summed E-state index contributed by atoms with van der Waals surface area (Å²) in [5.74, 6) is 0. The van der Waals surface area contributed by atoms with Gasteiger partial charge in [0.1, 0.15) is 17.7 Å². The molecular weight excluding hydrogens is 226 g/mol. The molecule has 18 heavy (non-hydrogen) atoms. The lowest BCUT2D eigenvalue weighted by Gasteiger charge is -1.97. The van der Waals surface area contributed by atoms with E-state index < -0.39 is 0 Å². The summed E-state index contributed by atoms with van der Waals surface area (Å²) in [6, 6.07) is 11.5. The van der Waals surface area contributed by atoms with Crippen molar-refractivity contribution in [3.05, 3.63) is 35.7 Å². The Morgan fingerprint density at radius 3 is 2.44 bits per heavy atom. The first-order chi connectivity index (χ1) is 8.76. The number of nitriles is 2. The number of para-hydroxylation sites is 1. The lowest BCUT2D eigenvalue weighted by Crippen LogP contribution is -1.97. The van der Waals surface area contributed by atoms with Crippen molar-refractivity contribution in [2.75, 3.05) is 0 Å². The van der Waals surface area contributed by atoms with Gasteiger partial charge in [-0.2, -0.15) is 10.5 Å². The summed E-state index contributed by atoms with van der Waals surface area (Å²) in [6.45, 7) is 0. The van der Waals surface area contributed by atoms with E-state index in [1.165, 1.54) is 0 Å². The second-order valence-electron chi connectivity index (χ2n) is 3.89. The van der Waals surface area contributed by atoms with E-state index in [2.05, 4.69) is 9.97 Å². The van der Waals surface area contributed by atoms with Crippen molar-refractivity contribution >= 4 is 22.1 Å². The average Bonchev–Trinajstić information content (AvgIpc) is 2.71. The Labute approximate surface area is 103 Å². The number of aryl methyl sites for hydroxylation is 1. The van der Waals surface area contributed by atoms with E-state index >= 15 is 0 Å². The van der Waals surface area contributed by atoms with Crippen LogP contribution >= 0.6 is 0 Å². The molecule has 0 N–H and O–H groups in total. The number of hydrogen-bond acceptors (Lipinski definition) is 4. The van der Waals surface area contributed by atoms with Crippen LogP contribution in [0.15, 0.2) is 24.3 Å². The largest absolute Gasteiger partial charge is 0.327 e. The first-order valence-corrected chi connectivity index (χ1v) is 5.31. The summed E-state index contributed by atoms with van der Waals surface area (Å²) in [7, 11) is 1.87. The predicted octanol–water partition coefficient (Wildman–Crippen LogP) is 1.86. The quantitative estimate of drug-likeness (QED) is 0.593. The molecule has 0 atom stereocenters. The van der Waals surface area contributed by atoms with Crippen LogP contribution in [-0.2, 0) is 7.05 Å². The van der Waals surface area contributed by atoms with Gasteiger partial charge in [-0.25, -0.2) is 9.97 Å². The molecule has 0 amide bonds. The van der Waals surface area contributed by atoms with Gasteiger partial charge in [0.25, 0.3) is 0 Å². The Morgan fingerprint density at radius 1 is 1.06 bits per heavy atom. The van der Waals surface area contributed by atoms with Gasteiger partial charge in [0.05, 0.1) is 5.52 Å². The monoisotopic (exact) mass is 233 g/mol. The molecule has 5 nitrogen and oxygen atoms in total. The molecule has 84 valence electrons. The first kappa shape index (κ1) is 10.2. The standard InChI is InChI=1S/C13H7N5/c1-18-11-5-3-2-4-8(11)12-13(18)17-10(7-15)9(6-14)16-12/h2-5H,1H3. The highest BCUT2D eigenvalue weighted by atomic mass is 15.0. The summed E-state index contributed by atoms with van der Waals surface area (Å²) in [5.41, 5.74) is 2.39. The van der Waals surface area contributed by atoms with Crippen LogP contribution in [0.1, 0.15) is 11.4 Å². The van der Waals surface area contributed by atoms with Crippen LogP contribution in [0.3, 0.4) is 0 Å². The third-order valence-electron chi connectivity index (χ3n) is 2.93. The van der Waals surface area contributed by atoms with E-state index in [1.807, 2.05) is 48.0 Å². The molecule has 2 aromatic heterocycles. The van der Waals surface area contributed by atoms with Crippen LogP contribution in [0.4, 0.5) is 0 Å². The predicted molar refractivity (Wildman–Crippen MR) is 65.4 cm³/mol. The van der Waals surface area contributed by atoms with Crippen LogP contribution in [0.5, 0.6) is 0 Å². The zero-order valence-electron chi connectivity index (χ0n) is 9.55. The van der Waals surface area contributed by atoms with Crippen molar-refractivity contribution in [2.45, 2.75) is 0 Å². The van der Waals surface area contributed by atoms with Gasteiger partial charge >= 0.3 is 0 Å². The van der Waals surface area contributed by atoms with Gasteiger partial charge in [0.2, 0.25) is 0 Å². The van der Waals surface area contributed by atoms with Crippen molar-refractivity contribution < 1.29 is 0 Å². The Kier molecular flexibility index (Phi) is 2.02. The normalized spacial score (nSPS) is 10.4. The minimum atomic E-state index is 0.0657. The van der Waals surface area contributed by atoms with Crippen molar-refractivity contribution in [3.63, 3.8) is 0 Å². The molecule has 0 aliphatic rings. The minimum Gasteiger partial charge on any atom is -0.327 e. The molecule has 0 aliphatic heterocycles. The number of nitrogens with zero attached hydrogens (tertiary/aromatic N) is 5.